The molecule has 1 fully saturated rings. The number of para-hydroxylation sites is 1. The maximum atomic E-state index is 13.5. The first-order chi connectivity index (χ1) is 15.9. The molecule has 1 saturated heterocycles. The fourth-order valence-electron chi connectivity index (χ4n) is 4.76. The summed E-state index contributed by atoms with van der Waals surface area (Å²) in [6.07, 6.45) is 1.02. The van der Waals surface area contributed by atoms with Crippen LogP contribution in [0.5, 0.6) is 0 Å². The Morgan fingerprint density at radius 1 is 1.12 bits per heavy atom. The summed E-state index contributed by atoms with van der Waals surface area (Å²) in [5.74, 6) is -1.33. The zero-order valence-corrected chi connectivity index (χ0v) is 18.3. The third-order valence-corrected chi connectivity index (χ3v) is 6.53. The second-order valence-electron chi connectivity index (χ2n) is 8.28. The largest absolute Gasteiger partial charge is 0.458 e. The van der Waals surface area contributed by atoms with Gasteiger partial charge in [0.15, 0.2) is 0 Å². The van der Waals surface area contributed by atoms with Crippen molar-refractivity contribution in [2.75, 3.05) is 11.9 Å². The highest BCUT2D eigenvalue weighted by Gasteiger charge is 2.60. The zero-order valence-electron chi connectivity index (χ0n) is 18.3. The van der Waals surface area contributed by atoms with E-state index in [2.05, 4.69) is 0 Å². The van der Waals surface area contributed by atoms with Gasteiger partial charge in [-0.25, -0.2) is 9.59 Å². The van der Waals surface area contributed by atoms with Crippen LogP contribution in [0.25, 0.3) is 11.0 Å². The number of likely N-dealkylation sites (N-methyl/N-ethyl adjacent to an activating group) is 1. The Morgan fingerprint density at radius 3 is 2.70 bits per heavy atom. The third kappa shape index (κ3) is 3.05. The average Bonchev–Trinajstić information content (AvgIpc) is 3.18. The molecule has 0 N–H and O–H groups in total. The van der Waals surface area contributed by atoms with Crippen molar-refractivity contribution in [3.63, 3.8) is 0 Å². The maximum absolute atomic E-state index is 13.5. The summed E-state index contributed by atoms with van der Waals surface area (Å²) in [6.45, 7) is 1.80. The first-order valence-corrected chi connectivity index (χ1v) is 10.8. The third-order valence-electron chi connectivity index (χ3n) is 6.53. The predicted molar refractivity (Wildman–Crippen MR) is 120 cm³/mol. The van der Waals surface area contributed by atoms with Gasteiger partial charge in [0.05, 0.1) is 11.3 Å². The van der Waals surface area contributed by atoms with Gasteiger partial charge >= 0.3 is 11.6 Å². The molecule has 2 aromatic carbocycles. The smallest absolute Gasteiger partial charge is 0.354 e. The number of nitrogens with zero attached hydrogens (tertiary/aromatic N) is 2. The molecule has 3 heterocycles. The number of amides is 2. The molecule has 2 amide bonds. The molecular weight excluding hydrogens is 424 g/mol. The van der Waals surface area contributed by atoms with Crippen molar-refractivity contribution in [2.45, 2.75) is 38.5 Å². The summed E-state index contributed by atoms with van der Waals surface area (Å²) in [5, 5.41) is 0.662. The number of hydrogen-bond donors (Lipinski definition) is 0. The lowest BCUT2D eigenvalue weighted by atomic mass is 9.97. The summed E-state index contributed by atoms with van der Waals surface area (Å²) in [6, 6.07) is 13.6. The molecule has 33 heavy (non-hydrogen) atoms. The highest BCUT2D eigenvalue weighted by atomic mass is 16.5. The number of benzene rings is 2. The lowest BCUT2D eigenvalue weighted by Gasteiger charge is -2.46. The van der Waals surface area contributed by atoms with E-state index < -0.39 is 17.3 Å². The molecule has 2 aliphatic rings. The molecule has 5 rings (SSSR count). The normalized spacial score (nSPS) is 19.6. The highest BCUT2D eigenvalue weighted by Crippen LogP contribution is 2.44. The van der Waals surface area contributed by atoms with Gasteiger partial charge in [0.2, 0.25) is 11.6 Å². The number of ether oxygens (including phenoxy) is 1. The lowest BCUT2D eigenvalue weighted by Crippen LogP contribution is -2.67. The van der Waals surface area contributed by atoms with Crippen LogP contribution in [0.1, 0.15) is 41.3 Å². The fourth-order valence-corrected chi connectivity index (χ4v) is 4.76. The molecule has 3 aromatic rings. The van der Waals surface area contributed by atoms with Crippen LogP contribution in [0.2, 0.25) is 0 Å². The molecular formula is C25H22N2O6. The maximum Gasteiger partial charge on any atom is 0.354 e. The molecule has 8 heteroatoms. The second kappa shape index (κ2) is 7.58. The second-order valence-corrected chi connectivity index (χ2v) is 8.28. The Labute approximate surface area is 189 Å². The van der Waals surface area contributed by atoms with Crippen molar-refractivity contribution < 1.29 is 23.5 Å². The number of rotatable bonds is 4. The van der Waals surface area contributed by atoms with Gasteiger partial charge in [-0.1, -0.05) is 31.2 Å². The highest BCUT2D eigenvalue weighted by molar-refractivity contribution is 6.15. The van der Waals surface area contributed by atoms with Gasteiger partial charge < -0.3 is 14.1 Å². The first kappa shape index (κ1) is 20.9. The summed E-state index contributed by atoms with van der Waals surface area (Å²) in [4.78, 5) is 54.1. The molecule has 1 atom stereocenters. The van der Waals surface area contributed by atoms with E-state index in [1.165, 1.54) is 22.9 Å². The number of carbonyl (C=O) groups excluding carboxylic acids is 3. The first-order valence-electron chi connectivity index (χ1n) is 10.8. The van der Waals surface area contributed by atoms with Crippen LogP contribution in [-0.2, 0) is 27.4 Å². The Balaban J connectivity index is 1.51. The van der Waals surface area contributed by atoms with E-state index in [4.69, 9.17) is 9.15 Å². The van der Waals surface area contributed by atoms with Crippen molar-refractivity contribution in [3.8, 4) is 0 Å². The summed E-state index contributed by atoms with van der Waals surface area (Å²) >= 11 is 0. The Kier molecular flexibility index (Phi) is 4.81. The monoisotopic (exact) mass is 446 g/mol. The summed E-state index contributed by atoms with van der Waals surface area (Å²) < 4.78 is 11.0. The van der Waals surface area contributed by atoms with Crippen LogP contribution in [0.3, 0.4) is 0 Å². The molecule has 0 bridgehead atoms. The predicted octanol–water partition coefficient (Wildman–Crippen LogP) is 3.01. The number of aryl methyl sites for hydroxylation is 1. The van der Waals surface area contributed by atoms with Crippen LogP contribution in [0, 0.1) is 0 Å². The Hall–Kier alpha value is -3.94. The van der Waals surface area contributed by atoms with Crippen LogP contribution in [-0.4, -0.2) is 35.4 Å². The molecule has 0 radical (unpaired) electrons. The van der Waals surface area contributed by atoms with Crippen molar-refractivity contribution in [1.29, 1.82) is 0 Å². The van der Waals surface area contributed by atoms with E-state index in [0.29, 0.717) is 27.8 Å². The average molecular weight is 446 g/mol. The molecule has 0 unspecified atom stereocenters. The number of anilines is 1. The van der Waals surface area contributed by atoms with Gasteiger partial charge in [0, 0.05) is 36.9 Å². The molecule has 1 aromatic heterocycles. The minimum absolute atomic E-state index is 0.110. The van der Waals surface area contributed by atoms with E-state index in [-0.39, 0.29) is 31.3 Å². The lowest BCUT2D eigenvalue weighted by molar-refractivity contribution is -0.157. The van der Waals surface area contributed by atoms with Gasteiger partial charge in [-0.15, -0.1) is 0 Å². The minimum Gasteiger partial charge on any atom is -0.458 e. The molecule has 0 spiro atoms. The van der Waals surface area contributed by atoms with Gasteiger partial charge in [-0.2, -0.15) is 0 Å². The van der Waals surface area contributed by atoms with Crippen LogP contribution >= 0.6 is 0 Å². The van der Waals surface area contributed by atoms with Gasteiger partial charge in [-0.3, -0.25) is 14.5 Å². The summed E-state index contributed by atoms with van der Waals surface area (Å²) in [7, 11) is 1.50. The van der Waals surface area contributed by atoms with Gasteiger partial charge in [-0.05, 0) is 30.2 Å². The number of esters is 1. The van der Waals surface area contributed by atoms with Gasteiger partial charge in [0.1, 0.15) is 12.2 Å². The van der Waals surface area contributed by atoms with E-state index in [0.717, 1.165) is 12.0 Å². The SMILES string of the molecule is CCc1ccc2c(COC(=O)[C@@]34CCC(=O)N3c3ccccc3C(=O)N4C)cc(=O)oc2c1. The van der Waals surface area contributed by atoms with Crippen LogP contribution in [0.4, 0.5) is 5.69 Å². The molecule has 0 saturated carbocycles. The van der Waals surface area contributed by atoms with Crippen molar-refractivity contribution in [2.24, 2.45) is 0 Å². The van der Waals surface area contributed by atoms with Crippen molar-refractivity contribution in [1.82, 2.24) is 4.90 Å². The fraction of sp³-hybridized carbons (Fsp3) is 0.280. The number of carbonyl (C=O) groups is 3. The Bertz CT molecular complexity index is 1380. The number of fused-ring (bicyclic) bond motifs is 4. The molecule has 168 valence electrons. The topological polar surface area (TPSA) is 97.1 Å². The van der Waals surface area contributed by atoms with E-state index in [9.17, 15) is 19.2 Å². The van der Waals surface area contributed by atoms with Crippen LogP contribution in [0.15, 0.2) is 57.7 Å². The van der Waals surface area contributed by atoms with Crippen molar-refractivity contribution in [3.05, 3.63) is 75.6 Å². The molecule has 0 aliphatic carbocycles. The van der Waals surface area contributed by atoms with Gasteiger partial charge in [0.25, 0.3) is 5.91 Å². The van der Waals surface area contributed by atoms with E-state index >= 15 is 0 Å². The molecule has 2 aliphatic heterocycles. The van der Waals surface area contributed by atoms with Crippen molar-refractivity contribution >= 4 is 34.4 Å². The Morgan fingerprint density at radius 2 is 1.91 bits per heavy atom. The van der Waals surface area contributed by atoms with E-state index in [1.54, 1.807) is 30.3 Å². The van der Waals surface area contributed by atoms with Crippen LogP contribution < -0.4 is 10.5 Å². The zero-order chi connectivity index (χ0) is 23.3. The summed E-state index contributed by atoms with van der Waals surface area (Å²) in [5.41, 5.74) is 0.580. The quantitative estimate of drug-likeness (QED) is 0.452. The molecule has 8 nitrogen and oxygen atoms in total. The van der Waals surface area contributed by atoms with E-state index in [1.807, 2.05) is 19.1 Å². The number of hydrogen-bond acceptors (Lipinski definition) is 6. The standard InChI is InChI=1S/C25H22N2O6/c1-3-15-8-9-17-16(13-22(29)33-20(17)12-15)14-32-24(31)25-11-10-21(28)27(25)19-7-5-4-6-18(19)23(30)26(25)2/h4-9,12-13H,3,10-11,14H2,1-2H3/t25-/m1/s1. The minimum atomic E-state index is -1.56.